The van der Waals surface area contributed by atoms with Crippen LogP contribution in [0, 0.1) is 48.5 Å². The molecule has 0 spiro atoms. The maximum Gasteiger partial charge on any atom is 0.0621 e. The lowest BCUT2D eigenvalue weighted by Crippen LogP contribution is -2.13. The Bertz CT molecular complexity index is 4420. The standard InChI is InChI=1S/C73H72N4/c1-39(2)54-29-28-50(30-43(54)9)74(51-31-44(10)67(40(3)4)45(11)32-51)61-24-18-26-63-70(61)57-22-16-20-55-59-38-66-60(37-65(59)76(63)72(55)57)56-21-17-23-58-71-62(25-19-27-64(71)77(66)73(56)58)75(52-33-46(12)68(41(5)6)47(13)34-52)53-35-48(14)69(42(7)8)49(15)36-53/h16-42H,1-15H3. The van der Waals surface area contributed by atoms with Crippen LogP contribution in [0.2, 0.25) is 0 Å². The van der Waals surface area contributed by atoms with Crippen molar-refractivity contribution in [2.75, 3.05) is 9.80 Å². The number of aryl methyl sites for hydroxylation is 7. The summed E-state index contributed by atoms with van der Waals surface area (Å²) in [6, 6.07) is 54.6. The van der Waals surface area contributed by atoms with E-state index in [1.165, 1.54) is 172 Å². The minimum absolute atomic E-state index is 0.443. The van der Waals surface area contributed by atoms with Crippen LogP contribution < -0.4 is 9.80 Å². The van der Waals surface area contributed by atoms with E-state index >= 15 is 0 Å². The highest BCUT2D eigenvalue weighted by molar-refractivity contribution is 6.31. The predicted octanol–water partition coefficient (Wildman–Crippen LogP) is 21.6. The maximum atomic E-state index is 2.58. The SMILES string of the molecule is Cc1cc(N(c2cc(C)c(C(C)C)c(C)c2)c2cccc3c2c2cccc4c5cc6c(cc5n3c42)c2cccc3c4c(N(c5cc(C)c(C(C)C)c(C)c5)c5cc(C)c(C(C)C)c(C)c5)cccc4n6c23)ccc1C(C)C. The van der Waals surface area contributed by atoms with Gasteiger partial charge in [-0.25, -0.2) is 0 Å². The molecule has 0 atom stereocenters. The third kappa shape index (κ3) is 7.09. The number of para-hydroxylation sites is 2. The molecule has 0 fully saturated rings. The predicted molar refractivity (Wildman–Crippen MR) is 335 cm³/mol. The van der Waals surface area contributed by atoms with Crippen LogP contribution in [0.4, 0.5) is 34.1 Å². The molecule has 4 heterocycles. The fourth-order valence-electron chi connectivity index (χ4n) is 15.2. The molecule has 0 bridgehead atoms. The third-order valence-corrected chi connectivity index (χ3v) is 17.6. The Morgan fingerprint density at radius 2 is 0.636 bits per heavy atom. The second-order valence-electron chi connectivity index (χ2n) is 24.1. The van der Waals surface area contributed by atoms with E-state index in [0.717, 1.165) is 0 Å². The van der Waals surface area contributed by atoms with Gasteiger partial charge in [0.25, 0.3) is 0 Å². The van der Waals surface area contributed by atoms with Gasteiger partial charge in [-0.3, -0.25) is 0 Å². The minimum Gasteiger partial charge on any atom is -0.310 e. The molecule has 0 aliphatic carbocycles. The first-order valence-corrected chi connectivity index (χ1v) is 28.3. The molecule has 0 amide bonds. The number of benzene rings is 9. The lowest BCUT2D eigenvalue weighted by Gasteiger charge is -2.30. The van der Waals surface area contributed by atoms with E-state index in [9.17, 15) is 0 Å². The highest BCUT2D eigenvalue weighted by Gasteiger charge is 2.29. The highest BCUT2D eigenvalue weighted by atomic mass is 15.2. The van der Waals surface area contributed by atoms with Crippen molar-refractivity contribution >= 4 is 110 Å². The van der Waals surface area contributed by atoms with Crippen molar-refractivity contribution in [3.8, 4) is 0 Å². The Morgan fingerprint density at radius 3 is 0.987 bits per heavy atom. The molecule has 0 unspecified atom stereocenters. The first-order valence-electron chi connectivity index (χ1n) is 28.3. The van der Waals surface area contributed by atoms with E-state index in [-0.39, 0.29) is 0 Å². The fraction of sp³-hybridized carbons (Fsp3) is 0.260. The lowest BCUT2D eigenvalue weighted by atomic mass is 9.91. The molecule has 77 heavy (non-hydrogen) atoms. The normalized spacial score (nSPS) is 12.6. The van der Waals surface area contributed by atoms with Gasteiger partial charge in [-0.15, -0.1) is 0 Å². The average Bonchev–Trinajstić information content (AvgIpc) is 4.17. The summed E-state index contributed by atoms with van der Waals surface area (Å²) in [4.78, 5) is 5.09. The summed E-state index contributed by atoms with van der Waals surface area (Å²) in [6.45, 7) is 34.5. The van der Waals surface area contributed by atoms with Crippen LogP contribution in [-0.4, -0.2) is 8.80 Å². The van der Waals surface area contributed by atoms with Gasteiger partial charge in [-0.1, -0.05) is 110 Å². The molecule has 0 saturated heterocycles. The Labute approximate surface area is 454 Å². The van der Waals surface area contributed by atoms with Crippen LogP contribution in [0.1, 0.15) is 140 Å². The smallest absolute Gasteiger partial charge is 0.0621 e. The number of aromatic nitrogens is 2. The molecule has 4 nitrogen and oxygen atoms in total. The summed E-state index contributed by atoms with van der Waals surface area (Å²) in [5.74, 6) is 1.78. The molecule has 0 N–H and O–H groups in total. The Balaban J connectivity index is 1.06. The fourth-order valence-corrected chi connectivity index (χ4v) is 15.2. The molecular formula is C73H72N4. The van der Waals surface area contributed by atoms with Gasteiger partial charge in [-0.2, -0.15) is 0 Å². The molecule has 4 heteroatoms. The average molecular weight is 1010 g/mol. The molecule has 13 aromatic rings. The van der Waals surface area contributed by atoms with E-state index in [2.05, 4.69) is 262 Å². The number of hydrogen-bond acceptors (Lipinski definition) is 2. The summed E-state index contributed by atoms with van der Waals surface area (Å²) in [5.41, 5.74) is 29.7. The van der Waals surface area contributed by atoms with Crippen LogP contribution in [0.5, 0.6) is 0 Å². The summed E-state index contributed by atoms with van der Waals surface area (Å²) < 4.78 is 5.16. The van der Waals surface area contributed by atoms with E-state index < -0.39 is 0 Å². The first-order chi connectivity index (χ1) is 36.9. The van der Waals surface area contributed by atoms with E-state index in [1.807, 2.05) is 0 Å². The van der Waals surface area contributed by atoms with Crippen molar-refractivity contribution in [3.05, 3.63) is 201 Å². The largest absolute Gasteiger partial charge is 0.310 e. The zero-order valence-corrected chi connectivity index (χ0v) is 47.9. The summed E-state index contributed by atoms with van der Waals surface area (Å²) >= 11 is 0. The van der Waals surface area contributed by atoms with Gasteiger partial charge in [-0.05, 0) is 218 Å². The third-order valence-electron chi connectivity index (χ3n) is 17.6. The molecular weight excluding hydrogens is 933 g/mol. The van der Waals surface area contributed by atoms with Gasteiger partial charge in [0.05, 0.1) is 44.5 Å². The van der Waals surface area contributed by atoms with Gasteiger partial charge in [0, 0.05) is 65.8 Å². The van der Waals surface area contributed by atoms with E-state index in [1.54, 1.807) is 0 Å². The van der Waals surface area contributed by atoms with Gasteiger partial charge in [0.2, 0.25) is 0 Å². The second-order valence-corrected chi connectivity index (χ2v) is 24.1. The van der Waals surface area contributed by atoms with Gasteiger partial charge in [0.1, 0.15) is 0 Å². The van der Waals surface area contributed by atoms with Crippen molar-refractivity contribution in [1.82, 2.24) is 8.80 Å². The quantitative estimate of drug-likeness (QED) is 0.136. The maximum absolute atomic E-state index is 2.58. The van der Waals surface area contributed by atoms with E-state index in [0.29, 0.717) is 23.7 Å². The molecule has 0 saturated carbocycles. The summed E-state index contributed by atoms with van der Waals surface area (Å²) in [6.07, 6.45) is 0. The molecule has 9 aromatic carbocycles. The summed E-state index contributed by atoms with van der Waals surface area (Å²) in [5, 5.41) is 10.2. The summed E-state index contributed by atoms with van der Waals surface area (Å²) in [7, 11) is 0. The number of rotatable bonds is 10. The molecule has 13 rings (SSSR count). The molecule has 4 aromatic heterocycles. The number of anilines is 6. The number of fused-ring (bicyclic) bond motifs is 12. The van der Waals surface area contributed by atoms with Crippen LogP contribution in [0.25, 0.3) is 76.2 Å². The molecule has 0 aliphatic heterocycles. The Kier molecular flexibility index (Phi) is 11.2. The van der Waals surface area contributed by atoms with Crippen LogP contribution in [0.15, 0.2) is 140 Å². The highest BCUT2D eigenvalue weighted by Crippen LogP contribution is 2.51. The van der Waals surface area contributed by atoms with Gasteiger partial charge in [0.15, 0.2) is 0 Å². The van der Waals surface area contributed by atoms with Gasteiger partial charge >= 0.3 is 0 Å². The first kappa shape index (κ1) is 48.8. The Morgan fingerprint density at radius 1 is 0.299 bits per heavy atom. The van der Waals surface area contributed by atoms with Crippen molar-refractivity contribution in [2.45, 2.75) is 128 Å². The monoisotopic (exact) mass is 1000 g/mol. The minimum atomic E-state index is 0.443. The van der Waals surface area contributed by atoms with Crippen molar-refractivity contribution in [1.29, 1.82) is 0 Å². The van der Waals surface area contributed by atoms with Crippen LogP contribution in [0.3, 0.4) is 0 Å². The topological polar surface area (TPSA) is 15.3 Å². The Hall–Kier alpha value is -7.82. The molecule has 0 aliphatic rings. The van der Waals surface area contributed by atoms with Crippen molar-refractivity contribution in [3.63, 3.8) is 0 Å². The molecule has 384 valence electrons. The number of hydrogen-bond donors (Lipinski definition) is 0. The van der Waals surface area contributed by atoms with Crippen LogP contribution in [-0.2, 0) is 0 Å². The zero-order chi connectivity index (χ0) is 53.8. The van der Waals surface area contributed by atoms with Crippen LogP contribution >= 0.6 is 0 Å². The zero-order valence-electron chi connectivity index (χ0n) is 47.9. The lowest BCUT2D eigenvalue weighted by molar-refractivity contribution is 0.845. The van der Waals surface area contributed by atoms with Gasteiger partial charge < -0.3 is 18.6 Å². The van der Waals surface area contributed by atoms with E-state index in [4.69, 9.17) is 0 Å². The number of nitrogens with zero attached hydrogens (tertiary/aromatic N) is 4. The molecule has 0 radical (unpaired) electrons. The second kappa shape index (κ2) is 17.6. The van der Waals surface area contributed by atoms with Crippen molar-refractivity contribution < 1.29 is 0 Å². The van der Waals surface area contributed by atoms with Crippen molar-refractivity contribution in [2.24, 2.45) is 0 Å².